The summed E-state index contributed by atoms with van der Waals surface area (Å²) in [5.41, 5.74) is -0.300. The number of hydrogen-bond acceptors (Lipinski definition) is 3. The highest BCUT2D eigenvalue weighted by atomic mass is 16.5. The molecule has 0 aromatic carbocycles. The van der Waals surface area contributed by atoms with Crippen molar-refractivity contribution in [3.05, 3.63) is 0 Å². The Balaban J connectivity index is 1.64. The number of carbonyl (C=O) groups is 1. The van der Waals surface area contributed by atoms with E-state index in [0.717, 1.165) is 44.8 Å². The van der Waals surface area contributed by atoms with Crippen LogP contribution in [0.15, 0.2) is 0 Å². The highest BCUT2D eigenvalue weighted by molar-refractivity contribution is 5.86. The first-order chi connectivity index (χ1) is 8.77. The largest absolute Gasteiger partial charge is 0.379 e. The maximum absolute atomic E-state index is 12.2. The van der Waals surface area contributed by atoms with Crippen LogP contribution in [0.1, 0.15) is 45.4 Å². The molecule has 0 radical (unpaired) electrons. The third-order valence-electron chi connectivity index (χ3n) is 3.94. The minimum atomic E-state index is -0.300. The smallest absolute Gasteiger partial charge is 0.240 e. The topological polar surface area (TPSA) is 50.4 Å². The fourth-order valence-corrected chi connectivity index (χ4v) is 2.69. The van der Waals surface area contributed by atoms with Gasteiger partial charge in [-0.25, -0.2) is 0 Å². The molecule has 0 aromatic rings. The minimum absolute atomic E-state index is 0.164. The third kappa shape index (κ3) is 3.69. The lowest BCUT2D eigenvalue weighted by atomic mass is 9.91. The molecule has 1 atom stereocenters. The molecule has 0 spiro atoms. The van der Waals surface area contributed by atoms with Gasteiger partial charge in [0, 0.05) is 13.2 Å². The van der Waals surface area contributed by atoms with Crippen LogP contribution in [0.2, 0.25) is 0 Å². The summed E-state index contributed by atoms with van der Waals surface area (Å²) in [4.78, 5) is 12.2. The Labute approximate surface area is 110 Å². The molecular weight excluding hydrogens is 228 g/mol. The van der Waals surface area contributed by atoms with E-state index < -0.39 is 0 Å². The zero-order chi connectivity index (χ0) is 12.8. The van der Waals surface area contributed by atoms with Gasteiger partial charge in [0.2, 0.25) is 5.91 Å². The second-order valence-corrected chi connectivity index (χ2v) is 5.64. The third-order valence-corrected chi connectivity index (χ3v) is 3.94. The van der Waals surface area contributed by atoms with Crippen molar-refractivity contribution in [1.82, 2.24) is 10.6 Å². The molecule has 4 heteroatoms. The molecule has 1 saturated carbocycles. The Bertz CT molecular complexity index is 271. The summed E-state index contributed by atoms with van der Waals surface area (Å²) in [6.45, 7) is 5.25. The number of amides is 1. The van der Waals surface area contributed by atoms with E-state index >= 15 is 0 Å². The molecule has 4 nitrogen and oxygen atoms in total. The Morgan fingerprint density at radius 2 is 2.33 bits per heavy atom. The van der Waals surface area contributed by atoms with Gasteiger partial charge in [-0.15, -0.1) is 0 Å². The van der Waals surface area contributed by atoms with Crippen LogP contribution in [-0.2, 0) is 9.53 Å². The number of rotatable bonds is 8. The van der Waals surface area contributed by atoms with E-state index in [0.29, 0.717) is 13.2 Å². The fraction of sp³-hybridized carbons (Fsp3) is 0.929. The van der Waals surface area contributed by atoms with Crippen molar-refractivity contribution >= 4 is 5.91 Å². The molecule has 0 aromatic heterocycles. The SMILES string of the molecule is CCCC1(C(=O)NCCOCC2CC2)CCCN1. The van der Waals surface area contributed by atoms with Crippen molar-refractivity contribution in [2.45, 2.75) is 51.0 Å². The molecule has 1 saturated heterocycles. The molecule has 1 aliphatic heterocycles. The highest BCUT2D eigenvalue weighted by Gasteiger charge is 2.39. The van der Waals surface area contributed by atoms with Gasteiger partial charge in [-0.05, 0) is 44.6 Å². The van der Waals surface area contributed by atoms with E-state index in [9.17, 15) is 4.79 Å². The Morgan fingerprint density at radius 3 is 2.94 bits per heavy atom. The van der Waals surface area contributed by atoms with Gasteiger partial charge in [-0.1, -0.05) is 13.3 Å². The van der Waals surface area contributed by atoms with E-state index in [1.165, 1.54) is 12.8 Å². The normalized spacial score (nSPS) is 27.4. The number of nitrogens with one attached hydrogen (secondary N) is 2. The second-order valence-electron chi connectivity index (χ2n) is 5.64. The molecule has 1 unspecified atom stereocenters. The van der Waals surface area contributed by atoms with Crippen molar-refractivity contribution in [3.63, 3.8) is 0 Å². The van der Waals surface area contributed by atoms with Crippen molar-refractivity contribution in [2.24, 2.45) is 5.92 Å². The Morgan fingerprint density at radius 1 is 1.50 bits per heavy atom. The monoisotopic (exact) mass is 254 g/mol. The summed E-state index contributed by atoms with van der Waals surface area (Å²) in [6, 6.07) is 0. The van der Waals surface area contributed by atoms with E-state index in [4.69, 9.17) is 4.74 Å². The van der Waals surface area contributed by atoms with Crippen LogP contribution in [0.25, 0.3) is 0 Å². The molecular formula is C14H26N2O2. The predicted molar refractivity (Wildman–Crippen MR) is 71.4 cm³/mol. The van der Waals surface area contributed by atoms with Crippen LogP contribution in [0, 0.1) is 5.92 Å². The summed E-state index contributed by atoms with van der Waals surface area (Å²) in [5.74, 6) is 0.959. The van der Waals surface area contributed by atoms with Gasteiger partial charge in [0.1, 0.15) is 0 Å². The van der Waals surface area contributed by atoms with Gasteiger partial charge >= 0.3 is 0 Å². The fourth-order valence-electron chi connectivity index (χ4n) is 2.69. The maximum Gasteiger partial charge on any atom is 0.240 e. The summed E-state index contributed by atoms with van der Waals surface area (Å²) in [7, 11) is 0. The lowest BCUT2D eigenvalue weighted by Crippen LogP contribution is -2.53. The molecule has 18 heavy (non-hydrogen) atoms. The van der Waals surface area contributed by atoms with Crippen LogP contribution in [0.5, 0.6) is 0 Å². The van der Waals surface area contributed by atoms with Crippen LogP contribution in [-0.4, -0.2) is 37.7 Å². The molecule has 1 amide bonds. The molecule has 2 N–H and O–H groups in total. The second kappa shape index (κ2) is 6.53. The molecule has 2 rings (SSSR count). The zero-order valence-corrected chi connectivity index (χ0v) is 11.5. The maximum atomic E-state index is 12.2. The Hall–Kier alpha value is -0.610. The standard InChI is InChI=1S/C14H26N2O2/c1-2-6-14(7-3-8-16-14)13(17)15-9-10-18-11-12-4-5-12/h12,16H,2-11H2,1H3,(H,15,17). The van der Waals surface area contributed by atoms with Crippen LogP contribution in [0.3, 0.4) is 0 Å². The first-order valence-electron chi connectivity index (χ1n) is 7.38. The van der Waals surface area contributed by atoms with Gasteiger partial charge in [0.05, 0.1) is 12.1 Å². The number of ether oxygens (including phenoxy) is 1. The molecule has 104 valence electrons. The van der Waals surface area contributed by atoms with Gasteiger partial charge < -0.3 is 15.4 Å². The quantitative estimate of drug-likeness (QED) is 0.645. The van der Waals surface area contributed by atoms with Gasteiger partial charge in [0.25, 0.3) is 0 Å². The van der Waals surface area contributed by atoms with Crippen molar-refractivity contribution in [1.29, 1.82) is 0 Å². The minimum Gasteiger partial charge on any atom is -0.379 e. The average molecular weight is 254 g/mol. The van der Waals surface area contributed by atoms with E-state index in [1.54, 1.807) is 0 Å². The van der Waals surface area contributed by atoms with Crippen LogP contribution in [0.4, 0.5) is 0 Å². The highest BCUT2D eigenvalue weighted by Crippen LogP contribution is 2.28. The summed E-state index contributed by atoms with van der Waals surface area (Å²) >= 11 is 0. The van der Waals surface area contributed by atoms with Gasteiger partial charge in [0.15, 0.2) is 0 Å². The van der Waals surface area contributed by atoms with Crippen molar-refractivity contribution < 1.29 is 9.53 Å². The van der Waals surface area contributed by atoms with E-state index in [1.807, 2.05) is 0 Å². The van der Waals surface area contributed by atoms with Crippen LogP contribution < -0.4 is 10.6 Å². The summed E-state index contributed by atoms with van der Waals surface area (Å²) in [6.07, 6.45) is 6.67. The van der Waals surface area contributed by atoms with Crippen molar-refractivity contribution in [3.8, 4) is 0 Å². The van der Waals surface area contributed by atoms with E-state index in [2.05, 4.69) is 17.6 Å². The predicted octanol–water partition coefficient (Wildman–Crippen LogP) is 1.45. The Kier molecular flexibility index (Phi) is 5.01. The van der Waals surface area contributed by atoms with Gasteiger partial charge in [-0.3, -0.25) is 4.79 Å². The first kappa shape index (κ1) is 13.8. The molecule has 1 aliphatic carbocycles. The first-order valence-corrected chi connectivity index (χ1v) is 7.38. The zero-order valence-electron chi connectivity index (χ0n) is 11.5. The van der Waals surface area contributed by atoms with Crippen molar-refractivity contribution in [2.75, 3.05) is 26.3 Å². The average Bonchev–Trinajstić information content (AvgIpc) is 3.07. The lowest BCUT2D eigenvalue weighted by Gasteiger charge is -2.27. The van der Waals surface area contributed by atoms with E-state index in [-0.39, 0.29) is 11.4 Å². The molecule has 2 aliphatic rings. The molecule has 1 heterocycles. The summed E-state index contributed by atoms with van der Waals surface area (Å²) in [5, 5.41) is 6.41. The van der Waals surface area contributed by atoms with Crippen LogP contribution >= 0.6 is 0 Å². The summed E-state index contributed by atoms with van der Waals surface area (Å²) < 4.78 is 5.53. The molecule has 0 bridgehead atoms. The lowest BCUT2D eigenvalue weighted by molar-refractivity contribution is -0.127. The number of carbonyl (C=O) groups excluding carboxylic acids is 1. The number of hydrogen-bond donors (Lipinski definition) is 2. The van der Waals surface area contributed by atoms with Gasteiger partial charge in [-0.2, -0.15) is 0 Å². The molecule has 2 fully saturated rings.